The summed E-state index contributed by atoms with van der Waals surface area (Å²) in [6.45, 7) is 0.829. The molecule has 0 bridgehead atoms. The molecule has 0 unspecified atom stereocenters. The van der Waals surface area contributed by atoms with Crippen LogP contribution in [0.5, 0.6) is 0 Å². The maximum absolute atomic E-state index is 5.89. The number of benzene rings is 2. The van der Waals surface area contributed by atoms with Gasteiger partial charge in [0.25, 0.3) is 0 Å². The van der Waals surface area contributed by atoms with E-state index in [0.717, 1.165) is 27.3 Å². The Labute approximate surface area is 132 Å². The highest BCUT2D eigenvalue weighted by Crippen LogP contribution is 2.28. The maximum atomic E-state index is 5.89. The van der Waals surface area contributed by atoms with Gasteiger partial charge >= 0.3 is 0 Å². The van der Waals surface area contributed by atoms with Crippen molar-refractivity contribution in [1.82, 2.24) is 0 Å². The molecule has 2 aromatic rings. The SMILES string of the molecule is CN(Cc1ccc(Cl)cc1)c1ccc(CCl)cc1Br. The van der Waals surface area contributed by atoms with Crippen LogP contribution in [-0.2, 0) is 12.4 Å². The van der Waals surface area contributed by atoms with E-state index in [-0.39, 0.29) is 0 Å². The molecule has 0 saturated heterocycles. The molecule has 0 aliphatic heterocycles. The van der Waals surface area contributed by atoms with Crippen LogP contribution >= 0.6 is 39.1 Å². The van der Waals surface area contributed by atoms with E-state index in [1.807, 2.05) is 30.3 Å². The summed E-state index contributed by atoms with van der Waals surface area (Å²) >= 11 is 15.3. The largest absolute Gasteiger partial charge is 0.369 e. The summed E-state index contributed by atoms with van der Waals surface area (Å²) in [5.74, 6) is 0.528. The van der Waals surface area contributed by atoms with Gasteiger partial charge < -0.3 is 4.90 Å². The summed E-state index contributed by atoms with van der Waals surface area (Å²) in [4.78, 5) is 2.19. The summed E-state index contributed by atoms with van der Waals surface area (Å²) in [5, 5.41) is 0.763. The number of hydrogen-bond acceptors (Lipinski definition) is 1. The number of nitrogens with zero attached hydrogens (tertiary/aromatic N) is 1. The van der Waals surface area contributed by atoms with Crippen molar-refractivity contribution in [2.24, 2.45) is 0 Å². The van der Waals surface area contributed by atoms with Crippen molar-refractivity contribution in [2.45, 2.75) is 12.4 Å². The molecule has 0 amide bonds. The quantitative estimate of drug-likeness (QED) is 0.654. The maximum Gasteiger partial charge on any atom is 0.0511 e. The first-order chi connectivity index (χ1) is 9.10. The van der Waals surface area contributed by atoms with Gasteiger partial charge in [-0.05, 0) is 51.3 Å². The minimum Gasteiger partial charge on any atom is -0.369 e. The Bertz CT molecular complexity index is 555. The summed E-state index contributed by atoms with van der Waals surface area (Å²) in [6.07, 6.45) is 0. The molecule has 19 heavy (non-hydrogen) atoms. The molecule has 0 spiro atoms. The number of rotatable bonds is 4. The second-order valence-corrected chi connectivity index (χ2v) is 5.96. The Morgan fingerprint density at radius 3 is 2.26 bits per heavy atom. The second-order valence-electron chi connectivity index (χ2n) is 4.40. The van der Waals surface area contributed by atoms with Crippen molar-refractivity contribution in [3.8, 4) is 0 Å². The number of hydrogen-bond donors (Lipinski definition) is 0. The highest BCUT2D eigenvalue weighted by Gasteiger charge is 2.07. The Kier molecular flexibility index (Phi) is 5.14. The zero-order valence-electron chi connectivity index (χ0n) is 10.5. The van der Waals surface area contributed by atoms with E-state index in [1.54, 1.807) is 0 Å². The lowest BCUT2D eigenvalue weighted by molar-refractivity contribution is 0.919. The third kappa shape index (κ3) is 3.88. The summed E-state index contributed by atoms with van der Waals surface area (Å²) in [6, 6.07) is 14.1. The predicted octanol–water partition coefficient (Wildman–Crippen LogP) is 5.48. The number of anilines is 1. The molecule has 2 rings (SSSR count). The number of alkyl halides is 1. The lowest BCUT2D eigenvalue weighted by Gasteiger charge is -2.21. The molecule has 4 heteroatoms. The van der Waals surface area contributed by atoms with Gasteiger partial charge in [0.1, 0.15) is 0 Å². The van der Waals surface area contributed by atoms with Gasteiger partial charge in [0.15, 0.2) is 0 Å². The molecule has 1 nitrogen and oxygen atoms in total. The first-order valence-electron chi connectivity index (χ1n) is 5.90. The van der Waals surface area contributed by atoms with Gasteiger partial charge in [0.2, 0.25) is 0 Å². The molecule has 0 aliphatic carbocycles. The van der Waals surface area contributed by atoms with Crippen molar-refractivity contribution in [1.29, 1.82) is 0 Å². The average molecular weight is 359 g/mol. The first-order valence-corrected chi connectivity index (χ1v) is 7.60. The van der Waals surface area contributed by atoms with Crippen LogP contribution in [0.1, 0.15) is 11.1 Å². The van der Waals surface area contributed by atoms with Crippen LogP contribution in [0, 0.1) is 0 Å². The van der Waals surface area contributed by atoms with Crippen LogP contribution in [0.4, 0.5) is 5.69 Å². The molecule has 0 heterocycles. The van der Waals surface area contributed by atoms with E-state index >= 15 is 0 Å². The molecular weight excluding hydrogens is 345 g/mol. The minimum absolute atomic E-state index is 0.528. The summed E-state index contributed by atoms with van der Waals surface area (Å²) in [5.41, 5.74) is 3.47. The van der Waals surface area contributed by atoms with Gasteiger partial charge in [-0.3, -0.25) is 0 Å². The number of halogens is 3. The topological polar surface area (TPSA) is 3.24 Å². The lowest BCUT2D eigenvalue weighted by Crippen LogP contribution is -2.16. The fourth-order valence-corrected chi connectivity index (χ4v) is 2.91. The summed E-state index contributed by atoms with van der Waals surface area (Å²) in [7, 11) is 2.06. The normalized spacial score (nSPS) is 10.5. The predicted molar refractivity (Wildman–Crippen MR) is 87.3 cm³/mol. The van der Waals surface area contributed by atoms with Crippen molar-refractivity contribution in [3.05, 3.63) is 63.1 Å². The molecule has 2 aromatic carbocycles. The van der Waals surface area contributed by atoms with E-state index in [2.05, 4.69) is 40.0 Å². The Balaban J connectivity index is 2.15. The fourth-order valence-electron chi connectivity index (χ4n) is 1.89. The van der Waals surface area contributed by atoms with Gasteiger partial charge in [-0.2, -0.15) is 0 Å². The molecule has 0 atom stereocenters. The molecule has 0 aromatic heterocycles. The minimum atomic E-state index is 0.528. The Morgan fingerprint density at radius 1 is 1.05 bits per heavy atom. The standard InChI is InChI=1S/C15H14BrCl2N/c1-19(10-11-2-5-13(18)6-3-11)15-7-4-12(9-17)8-14(15)16/h2-8H,9-10H2,1H3. The van der Waals surface area contributed by atoms with Gasteiger partial charge in [-0.15, -0.1) is 11.6 Å². The van der Waals surface area contributed by atoms with Crippen molar-refractivity contribution >= 4 is 44.8 Å². The Hall–Kier alpha value is -0.700. The van der Waals surface area contributed by atoms with E-state index in [1.165, 1.54) is 5.56 Å². The van der Waals surface area contributed by atoms with E-state index in [9.17, 15) is 0 Å². The van der Waals surface area contributed by atoms with Gasteiger partial charge in [0, 0.05) is 29.0 Å². The van der Waals surface area contributed by atoms with Gasteiger partial charge in [-0.25, -0.2) is 0 Å². The van der Waals surface area contributed by atoms with Crippen LogP contribution in [0.3, 0.4) is 0 Å². The average Bonchev–Trinajstić information content (AvgIpc) is 2.41. The van der Waals surface area contributed by atoms with Crippen LogP contribution in [0.15, 0.2) is 46.9 Å². The molecule has 100 valence electrons. The molecule has 0 radical (unpaired) electrons. The molecule has 0 N–H and O–H groups in total. The highest BCUT2D eigenvalue weighted by atomic mass is 79.9. The first kappa shape index (κ1) is 14.7. The van der Waals surface area contributed by atoms with Crippen molar-refractivity contribution in [3.63, 3.8) is 0 Å². The summed E-state index contributed by atoms with van der Waals surface area (Å²) < 4.78 is 1.06. The van der Waals surface area contributed by atoms with Crippen LogP contribution in [0.2, 0.25) is 5.02 Å². The van der Waals surface area contributed by atoms with Crippen LogP contribution in [0.25, 0.3) is 0 Å². The van der Waals surface area contributed by atoms with Gasteiger partial charge in [-0.1, -0.05) is 29.8 Å². The monoisotopic (exact) mass is 357 g/mol. The molecule has 0 saturated carbocycles. The lowest BCUT2D eigenvalue weighted by atomic mass is 10.2. The van der Waals surface area contributed by atoms with Crippen LogP contribution in [-0.4, -0.2) is 7.05 Å². The second kappa shape index (κ2) is 6.65. The Morgan fingerprint density at radius 2 is 1.68 bits per heavy atom. The third-order valence-electron chi connectivity index (χ3n) is 2.91. The fraction of sp³-hybridized carbons (Fsp3) is 0.200. The molecule has 0 fully saturated rings. The van der Waals surface area contributed by atoms with E-state index in [0.29, 0.717) is 5.88 Å². The van der Waals surface area contributed by atoms with Crippen molar-refractivity contribution < 1.29 is 0 Å². The van der Waals surface area contributed by atoms with Gasteiger partial charge in [0.05, 0.1) is 5.69 Å². The highest BCUT2D eigenvalue weighted by molar-refractivity contribution is 9.10. The smallest absolute Gasteiger partial charge is 0.0511 e. The van der Waals surface area contributed by atoms with Crippen LogP contribution < -0.4 is 4.90 Å². The zero-order chi connectivity index (χ0) is 13.8. The zero-order valence-corrected chi connectivity index (χ0v) is 13.6. The molecule has 0 aliphatic rings. The third-order valence-corrected chi connectivity index (χ3v) is 4.11. The van der Waals surface area contributed by atoms with Crippen molar-refractivity contribution in [2.75, 3.05) is 11.9 Å². The molecular formula is C15H14BrCl2N. The van der Waals surface area contributed by atoms with E-state index < -0.39 is 0 Å². The van der Waals surface area contributed by atoms with E-state index in [4.69, 9.17) is 23.2 Å².